The highest BCUT2D eigenvalue weighted by Crippen LogP contribution is 2.28. The van der Waals surface area contributed by atoms with Crippen molar-refractivity contribution >= 4 is 17.8 Å². The van der Waals surface area contributed by atoms with Crippen LogP contribution in [-0.4, -0.2) is 81.2 Å². The van der Waals surface area contributed by atoms with E-state index in [1.807, 2.05) is 0 Å². The van der Waals surface area contributed by atoms with Crippen molar-refractivity contribution in [3.8, 4) is 0 Å². The number of aliphatic hydroxyl groups is 4. The Bertz CT molecular complexity index is 484. The molecule has 0 aromatic rings. The predicted octanol–water partition coefficient (Wildman–Crippen LogP) is -5.00. The summed E-state index contributed by atoms with van der Waals surface area (Å²) in [5.41, 5.74) is 10.5. The molecule has 24 heavy (non-hydrogen) atoms. The largest absolute Gasteiger partial charge is 0.405 e. The van der Waals surface area contributed by atoms with E-state index in [-0.39, 0.29) is 0 Å². The van der Waals surface area contributed by atoms with Crippen molar-refractivity contribution in [2.75, 3.05) is 6.61 Å². The summed E-state index contributed by atoms with van der Waals surface area (Å²) in [6, 6.07) is -3.32. The van der Waals surface area contributed by atoms with Crippen molar-refractivity contribution < 1.29 is 44.3 Å². The number of nitrogens with one attached hydrogen (secondary N) is 1. The van der Waals surface area contributed by atoms with Crippen LogP contribution in [0.3, 0.4) is 0 Å². The van der Waals surface area contributed by atoms with Crippen molar-refractivity contribution in [3.05, 3.63) is 0 Å². The molecule has 1 fully saturated rings. The van der Waals surface area contributed by atoms with Gasteiger partial charge >= 0.3 is 11.9 Å². The summed E-state index contributed by atoms with van der Waals surface area (Å²) in [4.78, 5) is 34.1. The number of aliphatic hydroxyl groups excluding tert-OH is 3. The molecule has 1 aliphatic heterocycles. The molecule has 0 aliphatic carbocycles. The summed E-state index contributed by atoms with van der Waals surface area (Å²) in [6.07, 6.45) is -5.55. The minimum Gasteiger partial charge on any atom is -0.405 e. The number of hydrogen-bond acceptors (Lipinski definition) is 10. The third kappa shape index (κ3) is 4.59. The lowest BCUT2D eigenvalue weighted by molar-refractivity contribution is -0.407. The summed E-state index contributed by atoms with van der Waals surface area (Å²) < 4.78 is 9.52. The average Bonchev–Trinajstić information content (AvgIpc) is 2.47. The van der Waals surface area contributed by atoms with Crippen molar-refractivity contribution in [1.82, 2.24) is 5.32 Å². The van der Waals surface area contributed by atoms with E-state index in [1.165, 1.54) is 0 Å². The third-order valence-electron chi connectivity index (χ3n) is 3.33. The fraction of sp³-hybridized carbons (Fsp3) is 0.750. The molecule has 9 N–H and O–H groups in total. The smallest absolute Gasteiger partial charge is 0.346 e. The molecule has 1 rings (SSSR count). The van der Waals surface area contributed by atoms with Gasteiger partial charge < -0.3 is 46.7 Å². The summed E-state index contributed by atoms with van der Waals surface area (Å²) in [7, 11) is 0. The van der Waals surface area contributed by atoms with Crippen LogP contribution in [-0.2, 0) is 23.9 Å². The number of hydrogen-bond donors (Lipinski definition) is 7. The third-order valence-corrected chi connectivity index (χ3v) is 3.33. The van der Waals surface area contributed by atoms with Crippen LogP contribution in [0.1, 0.15) is 13.3 Å². The van der Waals surface area contributed by atoms with Crippen LogP contribution in [0.2, 0.25) is 0 Å². The summed E-state index contributed by atoms with van der Waals surface area (Å²) in [6.45, 7) is 0.252. The highest BCUT2D eigenvalue weighted by molar-refractivity contribution is 5.88. The minimum atomic E-state index is -2.91. The number of carbonyl (C=O) groups is 3. The molecule has 0 aromatic heterocycles. The van der Waals surface area contributed by atoms with Crippen LogP contribution in [0.5, 0.6) is 0 Å². The van der Waals surface area contributed by atoms with Crippen molar-refractivity contribution in [3.63, 3.8) is 0 Å². The Morgan fingerprint density at radius 3 is 2.38 bits per heavy atom. The molecule has 1 aliphatic rings. The first-order valence-electron chi connectivity index (χ1n) is 6.92. The molecule has 0 radical (unpaired) electrons. The van der Waals surface area contributed by atoms with Gasteiger partial charge in [-0.3, -0.25) is 9.59 Å². The Hall–Kier alpha value is -1.83. The first kappa shape index (κ1) is 20.2. The molecule has 12 nitrogen and oxygen atoms in total. The van der Waals surface area contributed by atoms with Crippen LogP contribution in [0, 0.1) is 0 Å². The lowest BCUT2D eigenvalue weighted by Crippen LogP contribution is -2.70. The Kier molecular flexibility index (Phi) is 6.59. The number of carbonyl (C=O) groups excluding carboxylic acids is 3. The van der Waals surface area contributed by atoms with E-state index in [4.69, 9.17) is 21.3 Å². The topological polar surface area (TPSA) is 215 Å². The fourth-order valence-electron chi connectivity index (χ4n) is 2.11. The Labute approximate surface area is 136 Å². The number of nitrogens with two attached hydrogens (primary N) is 2. The maximum Gasteiger partial charge on any atom is 0.346 e. The van der Waals surface area contributed by atoms with Crippen LogP contribution in [0.4, 0.5) is 0 Å². The molecule has 0 spiro atoms. The maximum atomic E-state index is 12.1. The van der Waals surface area contributed by atoms with E-state index in [0.29, 0.717) is 0 Å². The standard InChI is InChI=1S/C12H21N3O9/c1-4(17)15-5(2-7(13)18)11(21)24-12(22)10(14)9(20)8(19)6(3-16)23-12/h5-6,8-10,16,19-20,22H,2-3,14H2,1H3,(H2,13,18)(H,15,17)/t5?,6-,8-,9+,10-,12+/m1/s1. The second kappa shape index (κ2) is 7.83. The second-order valence-electron chi connectivity index (χ2n) is 5.32. The number of amides is 2. The summed E-state index contributed by atoms with van der Waals surface area (Å²) >= 11 is 0. The van der Waals surface area contributed by atoms with E-state index >= 15 is 0 Å². The molecule has 1 unspecified atom stereocenters. The molecule has 138 valence electrons. The van der Waals surface area contributed by atoms with Gasteiger partial charge in [0.1, 0.15) is 30.4 Å². The average molecular weight is 351 g/mol. The SMILES string of the molecule is CC(=O)NC(CC(N)=O)C(=O)O[C@@]1(O)O[C@H](CO)[C@@H](O)[C@H](O)[C@H]1N. The molecule has 0 saturated carbocycles. The van der Waals surface area contributed by atoms with Gasteiger partial charge in [-0.2, -0.15) is 0 Å². The van der Waals surface area contributed by atoms with Crippen LogP contribution >= 0.6 is 0 Å². The van der Waals surface area contributed by atoms with E-state index in [0.717, 1.165) is 6.92 Å². The van der Waals surface area contributed by atoms with Gasteiger partial charge in [0.05, 0.1) is 13.0 Å². The first-order chi connectivity index (χ1) is 11.0. The Morgan fingerprint density at radius 2 is 1.92 bits per heavy atom. The van der Waals surface area contributed by atoms with Gasteiger partial charge in [0.2, 0.25) is 11.8 Å². The van der Waals surface area contributed by atoms with Crippen LogP contribution in [0.25, 0.3) is 0 Å². The monoisotopic (exact) mass is 351 g/mol. The van der Waals surface area contributed by atoms with Crippen LogP contribution < -0.4 is 16.8 Å². The normalized spacial score (nSPS) is 34.2. The molecule has 2 amide bonds. The van der Waals surface area contributed by atoms with Crippen LogP contribution in [0.15, 0.2) is 0 Å². The number of ether oxygens (including phenoxy) is 2. The quantitative estimate of drug-likeness (QED) is 0.178. The second-order valence-corrected chi connectivity index (χ2v) is 5.32. The number of rotatable bonds is 6. The maximum absolute atomic E-state index is 12.1. The zero-order chi connectivity index (χ0) is 18.7. The van der Waals surface area contributed by atoms with E-state index in [2.05, 4.69) is 10.1 Å². The molecule has 1 heterocycles. The zero-order valence-electron chi connectivity index (χ0n) is 12.8. The summed E-state index contributed by atoms with van der Waals surface area (Å²) in [5.74, 6) is -5.84. The predicted molar refractivity (Wildman–Crippen MR) is 74.4 cm³/mol. The van der Waals surface area contributed by atoms with Gasteiger partial charge in [-0.05, 0) is 0 Å². The fourth-order valence-corrected chi connectivity index (χ4v) is 2.11. The number of esters is 1. The van der Waals surface area contributed by atoms with Crippen molar-refractivity contribution in [2.45, 2.75) is 49.7 Å². The number of primary amides is 1. The Balaban J connectivity index is 2.94. The van der Waals surface area contributed by atoms with Gasteiger partial charge in [0, 0.05) is 6.92 Å². The van der Waals surface area contributed by atoms with Crippen molar-refractivity contribution in [2.24, 2.45) is 11.5 Å². The highest BCUT2D eigenvalue weighted by Gasteiger charge is 2.55. The molecular formula is C12H21N3O9. The first-order valence-corrected chi connectivity index (χ1v) is 6.92. The molecular weight excluding hydrogens is 330 g/mol. The zero-order valence-corrected chi connectivity index (χ0v) is 12.8. The van der Waals surface area contributed by atoms with E-state index < -0.39 is 67.2 Å². The van der Waals surface area contributed by atoms with Crippen molar-refractivity contribution in [1.29, 1.82) is 0 Å². The lowest BCUT2D eigenvalue weighted by Gasteiger charge is -2.44. The van der Waals surface area contributed by atoms with Gasteiger partial charge in [0.25, 0.3) is 0 Å². The lowest BCUT2D eigenvalue weighted by atomic mass is 9.96. The van der Waals surface area contributed by atoms with E-state index in [9.17, 15) is 29.7 Å². The highest BCUT2D eigenvalue weighted by atomic mass is 16.8. The Morgan fingerprint density at radius 1 is 1.33 bits per heavy atom. The molecule has 6 atom stereocenters. The van der Waals surface area contributed by atoms with Gasteiger partial charge in [-0.15, -0.1) is 0 Å². The van der Waals surface area contributed by atoms with Gasteiger partial charge in [-0.1, -0.05) is 0 Å². The van der Waals surface area contributed by atoms with E-state index in [1.54, 1.807) is 0 Å². The van der Waals surface area contributed by atoms with Gasteiger partial charge in [0.15, 0.2) is 0 Å². The van der Waals surface area contributed by atoms with Gasteiger partial charge in [-0.25, -0.2) is 4.79 Å². The summed E-state index contributed by atoms with van der Waals surface area (Å²) in [5, 5.41) is 40.8. The molecule has 12 heteroatoms. The molecule has 1 saturated heterocycles. The molecule has 0 bridgehead atoms. The minimum absolute atomic E-state index is 0.627. The molecule has 0 aromatic carbocycles.